The smallest absolute Gasteiger partial charge is 0.323 e. The maximum atomic E-state index is 12.4. The minimum Gasteiger partial charge on any atom is -0.323 e. The average molecular weight is 326 g/mol. The van der Waals surface area contributed by atoms with E-state index in [-0.39, 0.29) is 6.03 Å². The highest BCUT2D eigenvalue weighted by Gasteiger charge is 2.29. The van der Waals surface area contributed by atoms with Crippen molar-refractivity contribution in [3.8, 4) is 0 Å². The number of anilines is 1. The number of carbonyl (C=O) groups is 1. The fraction of sp³-hybridized carbons (Fsp3) is 0.412. The van der Waals surface area contributed by atoms with E-state index in [1.54, 1.807) is 18.5 Å². The molecule has 1 saturated heterocycles. The molecular formula is C17H22N6O. The van der Waals surface area contributed by atoms with Gasteiger partial charge in [-0.1, -0.05) is 6.07 Å². The third kappa shape index (κ3) is 4.05. The normalized spacial score (nSPS) is 17.3. The van der Waals surface area contributed by atoms with Crippen LogP contribution in [-0.2, 0) is 6.54 Å². The van der Waals surface area contributed by atoms with Gasteiger partial charge in [-0.05, 0) is 38.6 Å². The van der Waals surface area contributed by atoms with Crippen molar-refractivity contribution in [1.29, 1.82) is 0 Å². The third-order valence-electron chi connectivity index (χ3n) is 4.21. The minimum absolute atomic E-state index is 0.0973. The van der Waals surface area contributed by atoms with Crippen LogP contribution in [0.15, 0.2) is 36.7 Å². The van der Waals surface area contributed by atoms with Crippen LogP contribution < -0.4 is 5.32 Å². The van der Waals surface area contributed by atoms with Gasteiger partial charge >= 0.3 is 6.03 Å². The molecule has 2 amide bonds. The number of rotatable bonds is 4. The molecule has 1 unspecified atom stereocenters. The Morgan fingerprint density at radius 2 is 2.12 bits per heavy atom. The number of amides is 2. The number of likely N-dealkylation sites (N-methyl/N-ethyl adjacent to an activating group) is 1. The largest absolute Gasteiger partial charge is 0.323 e. The average Bonchev–Trinajstić information content (AvgIpc) is 3.06. The maximum absolute atomic E-state index is 12.4. The first kappa shape index (κ1) is 16.3. The van der Waals surface area contributed by atoms with Gasteiger partial charge in [-0.15, -0.1) is 0 Å². The fourth-order valence-corrected chi connectivity index (χ4v) is 2.85. The summed E-state index contributed by atoms with van der Waals surface area (Å²) in [5, 5.41) is 2.87. The zero-order valence-corrected chi connectivity index (χ0v) is 14.0. The van der Waals surface area contributed by atoms with Crippen LogP contribution in [0.4, 0.5) is 10.6 Å². The van der Waals surface area contributed by atoms with E-state index in [1.807, 2.05) is 37.1 Å². The highest BCUT2D eigenvalue weighted by atomic mass is 16.2. The summed E-state index contributed by atoms with van der Waals surface area (Å²) in [5.74, 6) is 1.39. The van der Waals surface area contributed by atoms with Crippen LogP contribution in [-0.4, -0.2) is 57.0 Å². The van der Waals surface area contributed by atoms with Gasteiger partial charge in [-0.3, -0.25) is 10.2 Å². The molecule has 7 nitrogen and oxygen atoms in total. The number of carbonyl (C=O) groups excluding carboxylic acids is 1. The van der Waals surface area contributed by atoms with Gasteiger partial charge in [0, 0.05) is 37.2 Å². The summed E-state index contributed by atoms with van der Waals surface area (Å²) in [7, 11) is 2.05. The van der Waals surface area contributed by atoms with Gasteiger partial charge in [0.25, 0.3) is 0 Å². The Balaban J connectivity index is 1.53. The first-order chi connectivity index (χ1) is 11.6. The van der Waals surface area contributed by atoms with Crippen molar-refractivity contribution in [1.82, 2.24) is 24.8 Å². The molecule has 2 aromatic rings. The molecule has 0 saturated carbocycles. The van der Waals surface area contributed by atoms with Crippen LogP contribution in [0.2, 0.25) is 0 Å². The van der Waals surface area contributed by atoms with Crippen molar-refractivity contribution in [2.24, 2.45) is 0 Å². The van der Waals surface area contributed by atoms with Gasteiger partial charge in [0.05, 0.1) is 6.54 Å². The van der Waals surface area contributed by atoms with Crippen molar-refractivity contribution in [2.75, 3.05) is 25.5 Å². The number of nitrogens with zero attached hydrogens (tertiary/aromatic N) is 5. The van der Waals surface area contributed by atoms with Crippen LogP contribution in [0.1, 0.15) is 17.9 Å². The lowest BCUT2D eigenvalue weighted by molar-refractivity contribution is 0.206. The molecular weight excluding hydrogens is 304 g/mol. The molecule has 0 bridgehead atoms. The Morgan fingerprint density at radius 3 is 2.88 bits per heavy atom. The van der Waals surface area contributed by atoms with Gasteiger partial charge < -0.3 is 4.90 Å². The van der Waals surface area contributed by atoms with E-state index in [9.17, 15) is 4.79 Å². The molecule has 7 heteroatoms. The number of pyridine rings is 1. The van der Waals surface area contributed by atoms with Crippen molar-refractivity contribution in [3.05, 3.63) is 48.2 Å². The predicted molar refractivity (Wildman–Crippen MR) is 91.5 cm³/mol. The van der Waals surface area contributed by atoms with Gasteiger partial charge in [0.1, 0.15) is 11.6 Å². The number of urea groups is 1. The van der Waals surface area contributed by atoms with Crippen molar-refractivity contribution in [2.45, 2.75) is 25.9 Å². The molecule has 1 N–H and O–H groups in total. The van der Waals surface area contributed by atoms with E-state index in [0.29, 0.717) is 24.9 Å². The van der Waals surface area contributed by atoms with Crippen LogP contribution in [0.5, 0.6) is 0 Å². The molecule has 0 radical (unpaired) electrons. The number of hydrogen-bond acceptors (Lipinski definition) is 5. The maximum Gasteiger partial charge on any atom is 0.323 e. The van der Waals surface area contributed by atoms with Crippen LogP contribution in [0, 0.1) is 6.92 Å². The lowest BCUT2D eigenvalue weighted by Crippen LogP contribution is -2.38. The molecule has 3 rings (SSSR count). The Bertz CT molecular complexity index is 692. The summed E-state index contributed by atoms with van der Waals surface area (Å²) in [5.41, 5.74) is 0.884. The number of nitrogens with one attached hydrogen (secondary N) is 1. The van der Waals surface area contributed by atoms with Crippen molar-refractivity contribution < 1.29 is 4.79 Å². The van der Waals surface area contributed by atoms with Gasteiger partial charge in [0.15, 0.2) is 0 Å². The zero-order chi connectivity index (χ0) is 16.9. The monoisotopic (exact) mass is 326 g/mol. The number of likely N-dealkylation sites (tertiary alicyclic amines) is 1. The SMILES string of the molecule is Cc1cccc(NC(=O)N2CCC(N(C)Cc3ncccn3)C2)n1. The van der Waals surface area contributed by atoms with E-state index >= 15 is 0 Å². The Kier molecular flexibility index (Phi) is 5.00. The standard InChI is InChI=1S/C17H22N6O/c1-13-5-3-6-15(20-13)21-17(24)23-10-7-14(11-23)22(2)12-16-18-8-4-9-19-16/h3-6,8-9,14H,7,10-12H2,1-2H3,(H,20,21,24). The summed E-state index contributed by atoms with van der Waals surface area (Å²) in [6.45, 7) is 4.02. The van der Waals surface area contributed by atoms with E-state index in [2.05, 4.69) is 25.2 Å². The van der Waals surface area contributed by atoms with Crippen LogP contribution in [0.25, 0.3) is 0 Å². The third-order valence-corrected chi connectivity index (χ3v) is 4.21. The molecule has 1 aliphatic heterocycles. The molecule has 24 heavy (non-hydrogen) atoms. The summed E-state index contributed by atoms with van der Waals surface area (Å²) in [6.07, 6.45) is 4.44. The first-order valence-electron chi connectivity index (χ1n) is 8.07. The van der Waals surface area contributed by atoms with Crippen LogP contribution >= 0.6 is 0 Å². The fourth-order valence-electron chi connectivity index (χ4n) is 2.85. The van der Waals surface area contributed by atoms with Gasteiger partial charge in [-0.2, -0.15) is 0 Å². The summed E-state index contributed by atoms with van der Waals surface area (Å²) in [4.78, 5) is 29.2. The second kappa shape index (κ2) is 7.35. The Hall–Kier alpha value is -2.54. The van der Waals surface area contributed by atoms with E-state index in [0.717, 1.165) is 24.5 Å². The highest BCUT2D eigenvalue weighted by molar-refractivity contribution is 5.88. The lowest BCUT2D eigenvalue weighted by Gasteiger charge is -2.24. The second-order valence-electron chi connectivity index (χ2n) is 6.06. The highest BCUT2D eigenvalue weighted by Crippen LogP contribution is 2.17. The van der Waals surface area contributed by atoms with Gasteiger partial charge in [-0.25, -0.2) is 19.7 Å². The number of aromatic nitrogens is 3. The quantitative estimate of drug-likeness (QED) is 0.929. The van der Waals surface area contributed by atoms with E-state index < -0.39 is 0 Å². The molecule has 2 aromatic heterocycles. The van der Waals surface area contributed by atoms with Crippen molar-refractivity contribution in [3.63, 3.8) is 0 Å². The zero-order valence-electron chi connectivity index (χ0n) is 14.0. The topological polar surface area (TPSA) is 74.2 Å². The molecule has 126 valence electrons. The first-order valence-corrected chi connectivity index (χ1v) is 8.07. The van der Waals surface area contributed by atoms with E-state index in [4.69, 9.17) is 0 Å². The second-order valence-corrected chi connectivity index (χ2v) is 6.06. The lowest BCUT2D eigenvalue weighted by atomic mass is 10.2. The van der Waals surface area contributed by atoms with Crippen molar-refractivity contribution >= 4 is 11.8 Å². The minimum atomic E-state index is -0.0973. The number of hydrogen-bond donors (Lipinski definition) is 1. The summed E-state index contributed by atoms with van der Waals surface area (Å²) in [6, 6.07) is 7.62. The van der Waals surface area contributed by atoms with Crippen LogP contribution in [0.3, 0.4) is 0 Å². The molecule has 1 fully saturated rings. The molecule has 3 heterocycles. The molecule has 0 spiro atoms. The molecule has 1 atom stereocenters. The molecule has 0 aromatic carbocycles. The summed E-state index contributed by atoms with van der Waals surface area (Å²) >= 11 is 0. The Labute approximate surface area is 141 Å². The number of aryl methyl sites for hydroxylation is 1. The Morgan fingerprint density at radius 1 is 1.33 bits per heavy atom. The molecule has 0 aliphatic carbocycles. The van der Waals surface area contributed by atoms with Gasteiger partial charge in [0.2, 0.25) is 0 Å². The van der Waals surface area contributed by atoms with E-state index in [1.165, 1.54) is 0 Å². The predicted octanol–water partition coefficient (Wildman–Crippen LogP) is 1.92. The molecule has 1 aliphatic rings. The summed E-state index contributed by atoms with van der Waals surface area (Å²) < 4.78 is 0.